The second-order valence-electron chi connectivity index (χ2n) is 5.95. The molecule has 1 aliphatic rings. The van der Waals surface area contributed by atoms with E-state index in [-0.39, 0.29) is 11.7 Å². The molecule has 0 bridgehead atoms. The van der Waals surface area contributed by atoms with Gasteiger partial charge in [0.2, 0.25) is 10.0 Å². The summed E-state index contributed by atoms with van der Waals surface area (Å²) in [6.07, 6.45) is 1.51. The highest BCUT2D eigenvalue weighted by Crippen LogP contribution is 2.24. The van der Waals surface area contributed by atoms with E-state index >= 15 is 0 Å². The number of carbonyl (C=O) groups is 1. The first-order valence-electron chi connectivity index (χ1n) is 8.09. The van der Waals surface area contributed by atoms with Gasteiger partial charge in [0.05, 0.1) is 11.4 Å². The largest absolute Gasteiger partial charge is 0.348 e. The predicted molar refractivity (Wildman–Crippen MR) is 99.4 cm³/mol. The van der Waals surface area contributed by atoms with Crippen molar-refractivity contribution in [1.29, 1.82) is 0 Å². The predicted octanol–water partition coefficient (Wildman–Crippen LogP) is 3.20. The second kappa shape index (κ2) is 7.45. The summed E-state index contributed by atoms with van der Waals surface area (Å²) in [6, 6.07) is 14.0. The molecule has 0 aliphatic carbocycles. The summed E-state index contributed by atoms with van der Waals surface area (Å²) in [5.74, 6) is -0.0915. The first-order chi connectivity index (χ1) is 12.0. The highest BCUT2D eigenvalue weighted by molar-refractivity contribution is 7.92. The molecule has 1 fully saturated rings. The summed E-state index contributed by atoms with van der Waals surface area (Å²) in [5.41, 5.74) is 1.92. The Bertz CT molecular complexity index is 866. The van der Waals surface area contributed by atoms with Gasteiger partial charge in [0, 0.05) is 23.7 Å². The van der Waals surface area contributed by atoms with Gasteiger partial charge in [-0.2, -0.15) is 0 Å². The fourth-order valence-corrected chi connectivity index (χ4v) is 4.53. The zero-order valence-corrected chi connectivity index (χ0v) is 15.2. The normalized spacial score (nSPS) is 16.4. The SMILES string of the molecule is O=C(NCc1ccc(Cl)cc1)c1cccc(N2CCCCS2(=O)=O)c1. The Morgan fingerprint density at radius 1 is 1.12 bits per heavy atom. The number of amides is 1. The Kier molecular flexibility index (Phi) is 5.30. The third-order valence-electron chi connectivity index (χ3n) is 4.11. The van der Waals surface area contributed by atoms with Crippen molar-refractivity contribution in [1.82, 2.24) is 5.32 Å². The zero-order chi connectivity index (χ0) is 17.9. The second-order valence-corrected chi connectivity index (χ2v) is 8.40. The summed E-state index contributed by atoms with van der Waals surface area (Å²) in [4.78, 5) is 12.4. The molecule has 0 aromatic heterocycles. The average molecular weight is 379 g/mol. The Morgan fingerprint density at radius 3 is 2.60 bits per heavy atom. The maximum absolute atomic E-state index is 12.4. The van der Waals surface area contributed by atoms with Gasteiger partial charge in [-0.05, 0) is 48.7 Å². The van der Waals surface area contributed by atoms with Gasteiger partial charge in [0.1, 0.15) is 0 Å². The van der Waals surface area contributed by atoms with Gasteiger partial charge in [-0.3, -0.25) is 9.10 Å². The molecule has 0 radical (unpaired) electrons. The minimum Gasteiger partial charge on any atom is -0.348 e. The molecule has 7 heteroatoms. The molecule has 0 unspecified atom stereocenters. The molecule has 132 valence electrons. The Morgan fingerprint density at radius 2 is 1.88 bits per heavy atom. The lowest BCUT2D eigenvalue weighted by atomic mass is 10.1. The average Bonchev–Trinajstić information content (AvgIpc) is 2.61. The number of benzene rings is 2. The maximum atomic E-state index is 12.4. The summed E-state index contributed by atoms with van der Waals surface area (Å²) < 4.78 is 25.8. The minimum atomic E-state index is -3.29. The highest BCUT2D eigenvalue weighted by Gasteiger charge is 2.26. The van der Waals surface area contributed by atoms with E-state index in [1.165, 1.54) is 4.31 Å². The summed E-state index contributed by atoms with van der Waals surface area (Å²) in [5, 5.41) is 3.48. The Labute approximate surface area is 152 Å². The first kappa shape index (κ1) is 17.8. The molecule has 5 nitrogen and oxygen atoms in total. The summed E-state index contributed by atoms with van der Waals surface area (Å²) in [7, 11) is -3.29. The lowest BCUT2D eigenvalue weighted by Gasteiger charge is -2.28. The topological polar surface area (TPSA) is 66.5 Å². The molecule has 0 saturated carbocycles. The smallest absolute Gasteiger partial charge is 0.251 e. The van der Waals surface area contributed by atoms with Gasteiger partial charge in [0.25, 0.3) is 5.91 Å². The number of hydrogen-bond acceptors (Lipinski definition) is 3. The zero-order valence-electron chi connectivity index (χ0n) is 13.6. The van der Waals surface area contributed by atoms with E-state index in [9.17, 15) is 13.2 Å². The van der Waals surface area contributed by atoms with Gasteiger partial charge in [-0.15, -0.1) is 0 Å². The van der Waals surface area contributed by atoms with Crippen molar-refractivity contribution in [3.63, 3.8) is 0 Å². The minimum absolute atomic E-state index is 0.153. The van der Waals surface area contributed by atoms with E-state index < -0.39 is 10.0 Å². The van der Waals surface area contributed by atoms with Gasteiger partial charge in [-0.25, -0.2) is 8.42 Å². The van der Waals surface area contributed by atoms with Crippen molar-refractivity contribution in [2.75, 3.05) is 16.6 Å². The van der Waals surface area contributed by atoms with Crippen LogP contribution in [0.1, 0.15) is 28.8 Å². The molecule has 1 N–H and O–H groups in total. The Balaban J connectivity index is 1.72. The standard InChI is InChI=1S/C18H19ClN2O3S/c19-16-8-6-14(7-9-16)13-20-18(22)15-4-3-5-17(12-15)21-10-1-2-11-25(21,23)24/h3-9,12H,1-2,10-11,13H2,(H,20,22). The molecule has 0 spiro atoms. The van der Waals surface area contributed by atoms with E-state index in [1.807, 2.05) is 12.1 Å². The van der Waals surface area contributed by atoms with Crippen LogP contribution in [0.25, 0.3) is 0 Å². The summed E-state index contributed by atoms with van der Waals surface area (Å²) in [6.45, 7) is 0.834. The molecule has 1 heterocycles. The number of anilines is 1. The molecule has 2 aromatic rings. The fourth-order valence-electron chi connectivity index (χ4n) is 2.77. The van der Waals surface area contributed by atoms with Crippen LogP contribution in [0.15, 0.2) is 48.5 Å². The molecule has 25 heavy (non-hydrogen) atoms. The number of nitrogens with zero attached hydrogens (tertiary/aromatic N) is 1. The van der Waals surface area contributed by atoms with Gasteiger partial charge in [0.15, 0.2) is 0 Å². The molecular weight excluding hydrogens is 360 g/mol. The van der Waals surface area contributed by atoms with Gasteiger partial charge >= 0.3 is 0 Å². The van der Waals surface area contributed by atoms with Crippen LogP contribution in [0.2, 0.25) is 5.02 Å². The fraction of sp³-hybridized carbons (Fsp3) is 0.278. The lowest BCUT2D eigenvalue weighted by Crippen LogP contribution is -2.38. The van der Waals surface area contributed by atoms with E-state index in [0.29, 0.717) is 35.8 Å². The van der Waals surface area contributed by atoms with Crippen molar-refractivity contribution in [3.05, 3.63) is 64.7 Å². The van der Waals surface area contributed by atoms with Crippen LogP contribution in [-0.4, -0.2) is 26.6 Å². The van der Waals surface area contributed by atoms with Gasteiger partial charge < -0.3 is 5.32 Å². The monoisotopic (exact) mass is 378 g/mol. The number of hydrogen-bond donors (Lipinski definition) is 1. The quantitative estimate of drug-likeness (QED) is 0.888. The molecule has 1 aliphatic heterocycles. The highest BCUT2D eigenvalue weighted by atomic mass is 35.5. The van der Waals surface area contributed by atoms with Crippen LogP contribution in [0.3, 0.4) is 0 Å². The number of sulfonamides is 1. The third kappa shape index (κ3) is 4.32. The van der Waals surface area contributed by atoms with E-state index in [4.69, 9.17) is 11.6 Å². The molecule has 3 rings (SSSR count). The Hall–Kier alpha value is -2.05. The summed E-state index contributed by atoms with van der Waals surface area (Å²) >= 11 is 5.84. The first-order valence-corrected chi connectivity index (χ1v) is 10.1. The van der Waals surface area contributed by atoms with Crippen LogP contribution in [-0.2, 0) is 16.6 Å². The van der Waals surface area contributed by atoms with Crippen molar-refractivity contribution < 1.29 is 13.2 Å². The number of carbonyl (C=O) groups excluding carboxylic acids is 1. The van der Waals surface area contributed by atoms with Crippen LogP contribution in [0.4, 0.5) is 5.69 Å². The van der Waals surface area contributed by atoms with Crippen LogP contribution in [0.5, 0.6) is 0 Å². The molecule has 1 amide bonds. The number of nitrogens with one attached hydrogen (secondary N) is 1. The van der Waals surface area contributed by atoms with Crippen LogP contribution in [0, 0.1) is 0 Å². The van der Waals surface area contributed by atoms with Crippen molar-refractivity contribution in [3.8, 4) is 0 Å². The number of rotatable bonds is 4. The molecular formula is C18H19ClN2O3S. The van der Waals surface area contributed by atoms with Crippen LogP contribution < -0.4 is 9.62 Å². The van der Waals surface area contributed by atoms with Crippen molar-refractivity contribution in [2.24, 2.45) is 0 Å². The third-order valence-corrected chi connectivity index (χ3v) is 6.23. The molecule has 0 atom stereocenters. The molecule has 2 aromatic carbocycles. The van der Waals surface area contributed by atoms with Gasteiger partial charge in [-0.1, -0.05) is 29.8 Å². The van der Waals surface area contributed by atoms with E-state index in [0.717, 1.165) is 12.0 Å². The van der Waals surface area contributed by atoms with Crippen LogP contribution >= 0.6 is 11.6 Å². The lowest BCUT2D eigenvalue weighted by molar-refractivity contribution is 0.0951. The number of halogens is 1. The maximum Gasteiger partial charge on any atom is 0.251 e. The van der Waals surface area contributed by atoms with Crippen molar-refractivity contribution >= 4 is 33.2 Å². The molecule has 1 saturated heterocycles. The van der Waals surface area contributed by atoms with Crippen molar-refractivity contribution in [2.45, 2.75) is 19.4 Å². The van der Waals surface area contributed by atoms with E-state index in [2.05, 4.69) is 5.32 Å². The van der Waals surface area contributed by atoms with E-state index in [1.54, 1.807) is 36.4 Å².